The summed E-state index contributed by atoms with van der Waals surface area (Å²) in [5.74, 6) is -0.775. The summed E-state index contributed by atoms with van der Waals surface area (Å²) in [4.78, 5) is 26.8. The van der Waals surface area contributed by atoms with Gasteiger partial charge in [0.2, 0.25) is 0 Å². The molecule has 0 unspecified atom stereocenters. The molecule has 0 saturated carbocycles. The minimum Gasteiger partial charge on any atom is -0.375 e. The van der Waals surface area contributed by atoms with Gasteiger partial charge in [-0.05, 0) is 18.2 Å². The molecule has 0 saturated heterocycles. The van der Waals surface area contributed by atoms with Crippen LogP contribution in [0.5, 0.6) is 0 Å². The zero-order valence-electron chi connectivity index (χ0n) is 12.9. The molecule has 0 spiro atoms. The van der Waals surface area contributed by atoms with Crippen LogP contribution in [0.2, 0.25) is 0 Å². The second kappa shape index (κ2) is 6.34. The van der Waals surface area contributed by atoms with Gasteiger partial charge in [0, 0.05) is 22.1 Å². The van der Waals surface area contributed by atoms with Crippen LogP contribution in [-0.2, 0) is 10.4 Å². The number of halogens is 1. The summed E-state index contributed by atoms with van der Waals surface area (Å²) in [6, 6.07) is 13.8. The molecule has 1 amide bonds. The van der Waals surface area contributed by atoms with Crippen LogP contribution in [0.3, 0.4) is 0 Å². The molecule has 1 aliphatic rings. The molecule has 0 bridgehead atoms. The third-order valence-corrected chi connectivity index (χ3v) is 4.66. The monoisotopic (exact) mass is 385 g/mol. The van der Waals surface area contributed by atoms with Crippen molar-refractivity contribution in [3.05, 3.63) is 76.8 Å². The molecular weight excluding hydrogens is 370 g/mol. The van der Waals surface area contributed by atoms with Crippen molar-refractivity contribution in [2.45, 2.75) is 12.0 Å². The fourth-order valence-corrected chi connectivity index (χ4v) is 3.22. The van der Waals surface area contributed by atoms with Crippen molar-refractivity contribution in [1.82, 2.24) is 0 Å². The third kappa shape index (κ3) is 2.70. The molecule has 2 aromatic carbocycles. The van der Waals surface area contributed by atoms with E-state index in [1.54, 1.807) is 54.6 Å². The van der Waals surface area contributed by atoms with Crippen LogP contribution in [0, 0.1) is 0 Å². The smallest absolute Gasteiger partial charge is 0.264 e. The molecule has 1 heterocycles. The van der Waals surface area contributed by atoms with E-state index in [-0.39, 0.29) is 18.7 Å². The number of fused-ring (bicyclic) bond motifs is 1. The number of anilines is 1. The van der Waals surface area contributed by atoms with E-state index in [4.69, 9.17) is 0 Å². The van der Waals surface area contributed by atoms with Gasteiger partial charge >= 0.3 is 0 Å². The normalized spacial score (nSPS) is 19.2. The maximum atomic E-state index is 12.8. The average molecular weight is 386 g/mol. The second-order valence-corrected chi connectivity index (χ2v) is 6.60. The summed E-state index contributed by atoms with van der Waals surface area (Å²) in [7, 11) is 0. The molecule has 0 radical (unpaired) electrons. The number of ketones is 1. The van der Waals surface area contributed by atoms with E-state index < -0.39 is 11.5 Å². The van der Waals surface area contributed by atoms with E-state index in [1.165, 1.54) is 4.90 Å². The standard InChI is InChI=1S/C19H16BrNO3/c1-2-11-21-16-6-4-3-5-15(16)19(24,18(21)23)12-17(22)13-7-9-14(20)10-8-13/h2-10,24H,1,11-12H2/t19-/m1/s1. The van der Waals surface area contributed by atoms with Gasteiger partial charge in [0.25, 0.3) is 5.91 Å². The fraction of sp³-hybridized carbons (Fsp3) is 0.158. The van der Waals surface area contributed by atoms with Crippen molar-refractivity contribution in [3.8, 4) is 0 Å². The summed E-state index contributed by atoms with van der Waals surface area (Å²) in [6.07, 6.45) is 1.30. The van der Waals surface area contributed by atoms with E-state index in [0.29, 0.717) is 16.8 Å². The highest BCUT2D eigenvalue weighted by atomic mass is 79.9. The number of aliphatic hydroxyl groups is 1. The van der Waals surface area contributed by atoms with Gasteiger partial charge < -0.3 is 10.0 Å². The average Bonchev–Trinajstić information content (AvgIpc) is 2.78. The first-order chi connectivity index (χ1) is 11.5. The van der Waals surface area contributed by atoms with Crippen molar-refractivity contribution in [2.24, 2.45) is 0 Å². The van der Waals surface area contributed by atoms with Crippen molar-refractivity contribution in [1.29, 1.82) is 0 Å². The lowest BCUT2D eigenvalue weighted by Crippen LogP contribution is -2.41. The lowest BCUT2D eigenvalue weighted by Gasteiger charge is -2.22. The molecular formula is C19H16BrNO3. The Morgan fingerprint density at radius 1 is 1.21 bits per heavy atom. The molecule has 0 aromatic heterocycles. The van der Waals surface area contributed by atoms with Crippen LogP contribution in [-0.4, -0.2) is 23.3 Å². The first-order valence-electron chi connectivity index (χ1n) is 7.51. The molecule has 3 rings (SSSR count). The number of carbonyl (C=O) groups excluding carboxylic acids is 2. The van der Waals surface area contributed by atoms with E-state index >= 15 is 0 Å². The highest BCUT2D eigenvalue weighted by molar-refractivity contribution is 9.10. The highest BCUT2D eigenvalue weighted by Gasteiger charge is 2.50. The molecule has 1 aliphatic heterocycles. The number of para-hydroxylation sites is 1. The molecule has 24 heavy (non-hydrogen) atoms. The lowest BCUT2D eigenvalue weighted by atomic mass is 9.88. The van der Waals surface area contributed by atoms with Crippen LogP contribution < -0.4 is 4.90 Å². The SMILES string of the molecule is C=CCN1C(=O)[C@@](O)(CC(=O)c2ccc(Br)cc2)c2ccccc21. The summed E-state index contributed by atoms with van der Waals surface area (Å²) in [5, 5.41) is 11.0. The molecule has 122 valence electrons. The van der Waals surface area contributed by atoms with Crippen molar-refractivity contribution >= 4 is 33.3 Å². The highest BCUT2D eigenvalue weighted by Crippen LogP contribution is 2.42. The largest absolute Gasteiger partial charge is 0.375 e. The van der Waals surface area contributed by atoms with Gasteiger partial charge in [-0.2, -0.15) is 0 Å². The van der Waals surface area contributed by atoms with Gasteiger partial charge in [-0.25, -0.2) is 0 Å². The Hall–Kier alpha value is -2.24. The van der Waals surface area contributed by atoms with E-state index in [1.807, 2.05) is 0 Å². The minimum atomic E-state index is -1.84. The maximum Gasteiger partial charge on any atom is 0.264 e. The quantitative estimate of drug-likeness (QED) is 0.633. The van der Waals surface area contributed by atoms with Crippen molar-refractivity contribution in [2.75, 3.05) is 11.4 Å². The van der Waals surface area contributed by atoms with Crippen LogP contribution in [0.1, 0.15) is 22.3 Å². The molecule has 1 atom stereocenters. The van der Waals surface area contributed by atoms with Crippen LogP contribution in [0.4, 0.5) is 5.69 Å². The summed E-state index contributed by atoms with van der Waals surface area (Å²) >= 11 is 3.32. The number of Topliss-reactive ketones (excluding diaryl/α,β-unsaturated/α-hetero) is 1. The van der Waals surface area contributed by atoms with E-state index in [2.05, 4.69) is 22.5 Å². The van der Waals surface area contributed by atoms with Crippen molar-refractivity contribution in [3.63, 3.8) is 0 Å². The Labute approximate surface area is 148 Å². The Balaban J connectivity index is 1.97. The van der Waals surface area contributed by atoms with E-state index in [9.17, 15) is 14.7 Å². The summed E-state index contributed by atoms with van der Waals surface area (Å²) in [5.41, 5.74) is -0.307. The van der Waals surface area contributed by atoms with Crippen LogP contribution in [0.25, 0.3) is 0 Å². The predicted molar refractivity (Wildman–Crippen MR) is 96.0 cm³/mol. The molecule has 0 fully saturated rings. The van der Waals surface area contributed by atoms with Crippen molar-refractivity contribution < 1.29 is 14.7 Å². The molecule has 4 nitrogen and oxygen atoms in total. The second-order valence-electron chi connectivity index (χ2n) is 5.69. The first-order valence-corrected chi connectivity index (χ1v) is 8.30. The zero-order chi connectivity index (χ0) is 17.3. The topological polar surface area (TPSA) is 57.6 Å². The maximum absolute atomic E-state index is 12.8. The van der Waals surface area contributed by atoms with Gasteiger partial charge in [0.15, 0.2) is 11.4 Å². The minimum absolute atomic E-state index is 0.282. The number of carbonyl (C=O) groups is 2. The number of amides is 1. The van der Waals surface area contributed by atoms with Gasteiger partial charge in [-0.15, -0.1) is 6.58 Å². The number of rotatable bonds is 5. The number of hydrogen-bond acceptors (Lipinski definition) is 3. The van der Waals surface area contributed by atoms with Crippen LogP contribution >= 0.6 is 15.9 Å². The Morgan fingerprint density at radius 2 is 1.88 bits per heavy atom. The fourth-order valence-electron chi connectivity index (χ4n) is 2.96. The molecule has 0 aliphatic carbocycles. The predicted octanol–water partition coefficient (Wildman–Crippen LogP) is 3.44. The third-order valence-electron chi connectivity index (χ3n) is 4.13. The van der Waals surface area contributed by atoms with E-state index in [0.717, 1.165) is 4.47 Å². The Kier molecular flexibility index (Phi) is 4.39. The summed E-state index contributed by atoms with van der Waals surface area (Å²) < 4.78 is 0.859. The van der Waals surface area contributed by atoms with Gasteiger partial charge in [-0.3, -0.25) is 9.59 Å². The number of hydrogen-bond donors (Lipinski definition) is 1. The lowest BCUT2D eigenvalue weighted by molar-refractivity contribution is -0.135. The number of benzene rings is 2. The van der Waals surface area contributed by atoms with Gasteiger partial charge in [-0.1, -0.05) is 52.3 Å². The zero-order valence-corrected chi connectivity index (χ0v) is 14.5. The van der Waals surface area contributed by atoms with Crippen LogP contribution in [0.15, 0.2) is 65.7 Å². The Bertz CT molecular complexity index is 816. The Morgan fingerprint density at radius 3 is 2.54 bits per heavy atom. The molecule has 2 aromatic rings. The molecule has 1 N–H and O–H groups in total. The number of nitrogens with zero attached hydrogens (tertiary/aromatic N) is 1. The summed E-state index contributed by atoms with van der Waals surface area (Å²) in [6.45, 7) is 3.93. The van der Waals surface area contributed by atoms with Gasteiger partial charge in [0.1, 0.15) is 0 Å². The molecule has 5 heteroatoms. The first kappa shape index (κ1) is 16.6. The van der Waals surface area contributed by atoms with Gasteiger partial charge in [0.05, 0.1) is 12.1 Å².